The summed E-state index contributed by atoms with van der Waals surface area (Å²) in [6, 6.07) is 23.8. The van der Waals surface area contributed by atoms with Gasteiger partial charge < -0.3 is 52.1 Å². The number of benzene rings is 4. The number of unbranched alkanes of at least 4 members (excludes halogenated alkanes) is 14. The van der Waals surface area contributed by atoms with Crippen molar-refractivity contribution in [3.8, 4) is 0 Å². The average Bonchev–Trinajstić information content (AvgIpc) is 1.74. The lowest BCUT2D eigenvalue weighted by atomic mass is 9.91. The van der Waals surface area contributed by atoms with Gasteiger partial charge in [0.25, 0.3) is 22.4 Å². The molecule has 3 aliphatic rings. The summed E-state index contributed by atoms with van der Waals surface area (Å²) in [6.07, 6.45) is -24.4. The van der Waals surface area contributed by atoms with E-state index in [1.165, 1.54) is 78.9 Å². The number of alkyl halides is 12. The molecule has 0 bridgehead atoms. The van der Waals surface area contributed by atoms with Gasteiger partial charge in [-0.05, 0) is 64.4 Å². The van der Waals surface area contributed by atoms with Crippen LogP contribution in [0.1, 0.15) is 184 Å². The maximum Gasteiger partial charge on any atom is 0.432 e. The van der Waals surface area contributed by atoms with Crippen molar-refractivity contribution in [2.45, 2.75) is 264 Å². The Hall–Kier alpha value is -7.11. The van der Waals surface area contributed by atoms with Gasteiger partial charge in [0.05, 0.1) is 18.3 Å². The number of esters is 5. The van der Waals surface area contributed by atoms with E-state index in [1.54, 1.807) is 6.92 Å². The van der Waals surface area contributed by atoms with Gasteiger partial charge in [-0.3, -0.25) is 0 Å². The van der Waals surface area contributed by atoms with Crippen molar-refractivity contribution < 1.29 is 129 Å². The van der Waals surface area contributed by atoms with Crippen molar-refractivity contribution >= 4 is 29.8 Å². The van der Waals surface area contributed by atoms with Gasteiger partial charge in [-0.1, -0.05) is 212 Å². The third-order valence-corrected chi connectivity index (χ3v) is 19.7. The zero-order chi connectivity index (χ0) is 76.9. The van der Waals surface area contributed by atoms with Gasteiger partial charge in [0.1, 0.15) is 36.6 Å². The maximum atomic E-state index is 15.7. The van der Waals surface area contributed by atoms with Crippen LogP contribution in [-0.4, -0.2) is 138 Å². The predicted molar refractivity (Wildman–Crippen MR) is 357 cm³/mol. The number of cyclic esters (lactones) is 1. The fourth-order valence-electron chi connectivity index (χ4n) is 14.2. The van der Waals surface area contributed by atoms with Crippen LogP contribution in [0.3, 0.4) is 0 Å². The molecule has 0 N–H and O–H groups in total. The highest BCUT2D eigenvalue weighted by molar-refractivity contribution is 5.91. The SMILES string of the molecule is CCCCCCCCCC[C@@H](OC(=O)[C@](OC)(c1ccccc1)C(F)(F)F)[C@H]1CC[C@H]([C@H]2C[C@@H](OC(=O)[C@](OC)(c3ccccc3)C(F)(F)F)[C@H]([C@@H](CCCCCCCCCC[C@H](CC3=C[C@H](C)OC3=O)OC(=O)[C@](OC)(c3ccccc3)C(F)(F)F)OC(=O)[C@](OC)(c3ccccc3)C(F)(F)F)O2)O1. The van der Waals surface area contributed by atoms with Crippen molar-refractivity contribution in [2.75, 3.05) is 28.4 Å². The molecule has 28 heteroatoms. The molecule has 0 aliphatic carbocycles. The van der Waals surface area contributed by atoms with E-state index in [9.17, 15) is 37.1 Å². The molecule has 3 aliphatic heterocycles. The molecule has 3 heterocycles. The summed E-state index contributed by atoms with van der Waals surface area (Å²) < 4.78 is 246. The molecule has 0 spiro atoms. The van der Waals surface area contributed by atoms with E-state index < -0.39 is 161 Å². The van der Waals surface area contributed by atoms with Crippen molar-refractivity contribution in [2.24, 2.45) is 0 Å². The Morgan fingerprint density at radius 1 is 0.438 bits per heavy atom. The third kappa shape index (κ3) is 20.0. The zero-order valence-corrected chi connectivity index (χ0v) is 59.7. The fourth-order valence-corrected chi connectivity index (χ4v) is 14.2. The van der Waals surface area contributed by atoms with Gasteiger partial charge in [-0.2, -0.15) is 52.7 Å². The van der Waals surface area contributed by atoms with Crippen LogP contribution in [0.15, 0.2) is 133 Å². The van der Waals surface area contributed by atoms with Crippen LogP contribution in [0.4, 0.5) is 52.7 Å². The lowest BCUT2D eigenvalue weighted by Gasteiger charge is -2.36. The predicted octanol–water partition coefficient (Wildman–Crippen LogP) is 17.4. The molecule has 4 aromatic carbocycles. The van der Waals surface area contributed by atoms with Gasteiger partial charge in [-0.15, -0.1) is 0 Å². The smallest absolute Gasteiger partial charge is 0.432 e. The molecular formula is C77H94F12O16. The van der Waals surface area contributed by atoms with Crippen LogP contribution >= 0.6 is 0 Å². The number of hydrogen-bond donors (Lipinski definition) is 0. The monoisotopic (exact) mass is 1500 g/mol. The Bertz CT molecular complexity index is 3400. The second kappa shape index (κ2) is 38.1. The topological polar surface area (TPSA) is 187 Å². The molecule has 16 nitrogen and oxygen atoms in total. The van der Waals surface area contributed by atoms with Gasteiger partial charge in [0.15, 0.2) is 0 Å². The van der Waals surface area contributed by atoms with E-state index >= 15 is 39.5 Å². The van der Waals surface area contributed by atoms with Crippen LogP contribution in [0.5, 0.6) is 0 Å². The van der Waals surface area contributed by atoms with Gasteiger partial charge in [0.2, 0.25) is 0 Å². The Morgan fingerprint density at radius 3 is 1.16 bits per heavy atom. The Morgan fingerprint density at radius 2 is 0.790 bits per heavy atom. The first kappa shape index (κ1) is 85.1. The highest BCUT2D eigenvalue weighted by atomic mass is 19.4. The van der Waals surface area contributed by atoms with E-state index in [0.717, 1.165) is 94.2 Å². The number of methoxy groups -OCH3 is 4. The molecule has 13 atom stereocenters. The van der Waals surface area contributed by atoms with E-state index in [4.69, 9.17) is 52.1 Å². The summed E-state index contributed by atoms with van der Waals surface area (Å²) in [7, 11) is 2.69. The molecule has 0 radical (unpaired) electrons. The number of carbonyl (C=O) groups is 5. The largest absolute Gasteiger partial charge is 0.459 e. The molecule has 0 amide bonds. The third-order valence-electron chi connectivity index (χ3n) is 19.7. The number of rotatable bonds is 41. The van der Waals surface area contributed by atoms with Crippen molar-refractivity contribution in [3.05, 3.63) is 155 Å². The van der Waals surface area contributed by atoms with Crippen molar-refractivity contribution in [1.29, 1.82) is 0 Å². The highest BCUT2D eigenvalue weighted by Crippen LogP contribution is 2.50. The molecule has 105 heavy (non-hydrogen) atoms. The minimum atomic E-state index is -5.54. The summed E-state index contributed by atoms with van der Waals surface area (Å²) in [5.41, 5.74) is -17.2. The molecule has 0 unspecified atom stereocenters. The normalized spacial score (nSPS) is 21.9. The first-order valence-electron chi connectivity index (χ1n) is 35.6. The highest BCUT2D eigenvalue weighted by Gasteiger charge is 2.69. The summed E-state index contributed by atoms with van der Waals surface area (Å²) in [4.78, 5) is 70.1. The average molecular weight is 1500 g/mol. The maximum absolute atomic E-state index is 15.7. The molecule has 582 valence electrons. The van der Waals surface area contributed by atoms with E-state index in [-0.39, 0.29) is 56.9 Å². The Kier molecular flexibility index (Phi) is 30.9. The standard InChI is InChI=1S/C77H94F12O16/c1-7-8-9-10-11-15-18-33-44-58(103-67(92)71(96-4,75(81,82)83)54-37-26-21-27-38-54)59-46-47-60(101-59)62-50-63(105-69(94)73(98-6,77(87,88)89)56-41-30-23-31-42-56)64(102-62)61(104-68(93)72(97-5,76(84,85)86)55-39-28-22-29-40-55)45-34-19-16-13-12-14-17-32-43-57(49-52-48-51(2)99-65(52)90)100-66(91)70(95-3,74(78,79)80)53-35-24-20-25-36-53/h20-31,35-42,48,51,57-64H,7-19,32-34,43-47,49-50H2,1-6H3/t51-,57+,58+,59+,60+,61+,62+,63+,64-,70+,71+,72+,73+/m0/s1. The summed E-state index contributed by atoms with van der Waals surface area (Å²) >= 11 is 0. The number of ether oxygens (including phenoxy) is 11. The fraction of sp³-hybridized carbons (Fsp3) is 0.597. The van der Waals surface area contributed by atoms with E-state index in [2.05, 4.69) is 6.92 Å². The van der Waals surface area contributed by atoms with Gasteiger partial charge in [0, 0.05) is 69.1 Å². The Labute approximate surface area is 603 Å². The van der Waals surface area contributed by atoms with E-state index in [1.807, 2.05) is 0 Å². The number of hydrogen-bond acceptors (Lipinski definition) is 16. The lowest BCUT2D eigenvalue weighted by Crippen LogP contribution is -2.55. The number of carbonyl (C=O) groups excluding carboxylic acids is 5. The quantitative estimate of drug-likeness (QED) is 0.0177. The molecule has 2 fully saturated rings. The zero-order valence-electron chi connectivity index (χ0n) is 59.7. The first-order valence-corrected chi connectivity index (χ1v) is 35.6. The van der Waals surface area contributed by atoms with Crippen LogP contribution in [0, 0.1) is 0 Å². The van der Waals surface area contributed by atoms with Crippen LogP contribution in [-0.2, 0) is 98.5 Å². The summed E-state index contributed by atoms with van der Waals surface area (Å²) in [5, 5.41) is 0. The van der Waals surface area contributed by atoms with Gasteiger partial charge >= 0.3 is 54.6 Å². The minimum absolute atomic E-state index is 0.00429. The second-order valence-corrected chi connectivity index (χ2v) is 26.7. The minimum Gasteiger partial charge on any atom is -0.459 e. The lowest BCUT2D eigenvalue weighted by molar-refractivity contribution is -0.283. The first-order chi connectivity index (χ1) is 49.9. The summed E-state index contributed by atoms with van der Waals surface area (Å²) in [6.45, 7) is 3.66. The van der Waals surface area contributed by atoms with Gasteiger partial charge in [-0.25, -0.2) is 24.0 Å². The molecule has 7 rings (SSSR count). The molecule has 0 aromatic heterocycles. The molecule has 2 saturated heterocycles. The van der Waals surface area contributed by atoms with Crippen molar-refractivity contribution in [3.63, 3.8) is 0 Å². The van der Waals surface area contributed by atoms with E-state index in [0.29, 0.717) is 72.7 Å². The van der Waals surface area contributed by atoms with Crippen LogP contribution in [0.25, 0.3) is 0 Å². The van der Waals surface area contributed by atoms with Crippen LogP contribution in [0.2, 0.25) is 0 Å². The molecular weight excluding hydrogens is 1410 g/mol. The summed E-state index contributed by atoms with van der Waals surface area (Å²) in [5.74, 6) is -8.32. The molecule has 0 saturated carbocycles. The molecule has 4 aromatic rings. The Balaban J connectivity index is 1.14. The number of halogens is 12. The second-order valence-electron chi connectivity index (χ2n) is 26.7. The van der Waals surface area contributed by atoms with Crippen molar-refractivity contribution in [1.82, 2.24) is 0 Å². The van der Waals surface area contributed by atoms with Crippen LogP contribution < -0.4 is 0 Å².